The normalized spacial score (nSPS) is 12.5. The molecule has 0 fully saturated rings. The summed E-state index contributed by atoms with van der Waals surface area (Å²) in [6.45, 7) is 2.72. The summed E-state index contributed by atoms with van der Waals surface area (Å²) < 4.78 is 0. The highest BCUT2D eigenvalue weighted by atomic mass is 16.4. The maximum Gasteiger partial charge on any atom is 0.320 e. The average Bonchev–Trinajstić information content (AvgIpc) is 2.76. The van der Waals surface area contributed by atoms with E-state index in [0.717, 1.165) is 16.7 Å². The van der Waals surface area contributed by atoms with Gasteiger partial charge in [0.15, 0.2) is 0 Å². The van der Waals surface area contributed by atoms with E-state index in [1.54, 1.807) is 0 Å². The molecule has 0 saturated heterocycles. The molecular weight excluding hydrogens is 360 g/mol. The Morgan fingerprint density at radius 3 is 1.86 bits per heavy atom. The van der Waals surface area contributed by atoms with Gasteiger partial charge in [0.25, 0.3) is 0 Å². The van der Waals surface area contributed by atoms with Crippen LogP contribution in [0.4, 0.5) is 0 Å². The summed E-state index contributed by atoms with van der Waals surface area (Å²) in [7, 11) is 0. The molecule has 0 spiro atoms. The molecular formula is C25H28N2O2. The van der Waals surface area contributed by atoms with Gasteiger partial charge in [-0.2, -0.15) is 0 Å². The highest BCUT2D eigenvalue weighted by Gasteiger charge is 2.35. The van der Waals surface area contributed by atoms with Crippen LogP contribution in [-0.4, -0.2) is 23.7 Å². The first-order valence-electron chi connectivity index (χ1n) is 9.95. The highest BCUT2D eigenvalue weighted by Crippen LogP contribution is 2.36. The lowest BCUT2D eigenvalue weighted by atomic mass is 9.76. The van der Waals surface area contributed by atoms with Crippen molar-refractivity contribution in [1.29, 1.82) is 0 Å². The molecule has 0 aliphatic heterocycles. The number of aryl methyl sites for hydroxylation is 1. The monoisotopic (exact) mass is 388 g/mol. The first-order valence-corrected chi connectivity index (χ1v) is 9.95. The Morgan fingerprint density at radius 1 is 0.897 bits per heavy atom. The van der Waals surface area contributed by atoms with E-state index < -0.39 is 17.6 Å². The molecule has 29 heavy (non-hydrogen) atoms. The average molecular weight is 389 g/mol. The SMILES string of the molecule is Cc1ccc(C(NCCC[C@@H](N)C(=O)O)(c2ccccc2)c2ccccc2)cc1. The summed E-state index contributed by atoms with van der Waals surface area (Å²) in [4.78, 5) is 11.0. The fraction of sp³-hybridized carbons (Fsp3) is 0.240. The number of benzene rings is 3. The molecule has 0 saturated carbocycles. The van der Waals surface area contributed by atoms with Gasteiger partial charge in [-0.25, -0.2) is 0 Å². The third-order valence-corrected chi connectivity index (χ3v) is 5.30. The van der Waals surface area contributed by atoms with Crippen molar-refractivity contribution in [3.63, 3.8) is 0 Å². The lowest BCUT2D eigenvalue weighted by Crippen LogP contribution is -2.45. The second-order valence-corrected chi connectivity index (χ2v) is 7.36. The summed E-state index contributed by atoms with van der Waals surface area (Å²) in [5, 5.41) is 12.8. The molecule has 150 valence electrons. The van der Waals surface area contributed by atoms with Gasteiger partial charge >= 0.3 is 5.97 Å². The van der Waals surface area contributed by atoms with Gasteiger partial charge < -0.3 is 10.8 Å². The first kappa shape index (κ1) is 20.8. The molecule has 4 nitrogen and oxygen atoms in total. The van der Waals surface area contributed by atoms with Gasteiger partial charge in [-0.15, -0.1) is 0 Å². The van der Waals surface area contributed by atoms with Crippen molar-refractivity contribution in [2.24, 2.45) is 5.73 Å². The number of hydrogen-bond acceptors (Lipinski definition) is 3. The van der Waals surface area contributed by atoms with E-state index in [-0.39, 0.29) is 0 Å². The second kappa shape index (κ2) is 9.50. The minimum atomic E-state index is -0.957. The lowest BCUT2D eigenvalue weighted by molar-refractivity contribution is -0.138. The maximum absolute atomic E-state index is 11.0. The number of hydrogen-bond donors (Lipinski definition) is 3. The van der Waals surface area contributed by atoms with Crippen LogP contribution < -0.4 is 11.1 Å². The molecule has 4 heteroatoms. The number of carbonyl (C=O) groups is 1. The maximum atomic E-state index is 11.0. The molecule has 3 rings (SSSR count). The summed E-state index contributed by atoms with van der Waals surface area (Å²) in [6.07, 6.45) is 1.09. The number of nitrogens with one attached hydrogen (secondary N) is 1. The van der Waals surface area contributed by atoms with Crippen LogP contribution in [0.5, 0.6) is 0 Å². The van der Waals surface area contributed by atoms with Gasteiger partial charge in [0.05, 0.1) is 5.54 Å². The van der Waals surface area contributed by atoms with Crippen LogP contribution in [0, 0.1) is 6.92 Å². The Balaban J connectivity index is 2.03. The number of rotatable bonds is 9. The molecule has 0 unspecified atom stereocenters. The van der Waals surface area contributed by atoms with Crippen LogP contribution >= 0.6 is 0 Å². The topological polar surface area (TPSA) is 75.3 Å². The van der Waals surface area contributed by atoms with Crippen LogP contribution in [-0.2, 0) is 10.3 Å². The fourth-order valence-electron chi connectivity index (χ4n) is 3.71. The number of carboxylic acids is 1. The molecule has 3 aromatic rings. The van der Waals surface area contributed by atoms with E-state index in [9.17, 15) is 4.79 Å². The van der Waals surface area contributed by atoms with Gasteiger partial charge in [0, 0.05) is 0 Å². The van der Waals surface area contributed by atoms with Crippen LogP contribution in [0.3, 0.4) is 0 Å². The minimum Gasteiger partial charge on any atom is -0.480 e. The molecule has 0 heterocycles. The molecule has 0 bridgehead atoms. The second-order valence-electron chi connectivity index (χ2n) is 7.36. The Kier molecular flexibility index (Phi) is 6.81. The van der Waals surface area contributed by atoms with Gasteiger partial charge in [-0.1, -0.05) is 90.5 Å². The van der Waals surface area contributed by atoms with Crippen LogP contribution in [0.2, 0.25) is 0 Å². The summed E-state index contributed by atoms with van der Waals surface area (Å²) in [6, 6.07) is 28.4. The molecule has 0 amide bonds. The Hall–Kier alpha value is -2.95. The zero-order valence-electron chi connectivity index (χ0n) is 16.7. The Morgan fingerprint density at radius 2 is 1.38 bits per heavy atom. The van der Waals surface area contributed by atoms with E-state index >= 15 is 0 Å². The predicted octanol–water partition coefficient (Wildman–Crippen LogP) is 4.07. The smallest absolute Gasteiger partial charge is 0.320 e. The van der Waals surface area contributed by atoms with Crippen LogP contribution in [0.15, 0.2) is 84.9 Å². The molecule has 0 radical (unpaired) electrons. The summed E-state index contributed by atoms with van der Waals surface area (Å²) >= 11 is 0. The molecule has 0 aromatic heterocycles. The number of nitrogens with two attached hydrogens (primary N) is 1. The van der Waals surface area contributed by atoms with E-state index in [2.05, 4.69) is 60.8 Å². The van der Waals surface area contributed by atoms with Crippen molar-refractivity contribution in [2.75, 3.05) is 6.54 Å². The van der Waals surface area contributed by atoms with Gasteiger partial charge in [-0.3, -0.25) is 10.1 Å². The van der Waals surface area contributed by atoms with E-state index in [1.807, 2.05) is 36.4 Å². The van der Waals surface area contributed by atoms with Crippen LogP contribution in [0.1, 0.15) is 35.1 Å². The molecule has 0 aliphatic carbocycles. The summed E-state index contributed by atoms with van der Waals surface area (Å²) in [5.41, 5.74) is 9.77. The molecule has 3 aromatic carbocycles. The lowest BCUT2D eigenvalue weighted by Gasteiger charge is -2.37. The zero-order chi connectivity index (χ0) is 20.7. The minimum absolute atomic E-state index is 0.426. The van der Waals surface area contributed by atoms with Gasteiger partial charge in [0.1, 0.15) is 6.04 Å². The quantitative estimate of drug-likeness (QED) is 0.382. The Bertz CT molecular complexity index is 869. The third-order valence-electron chi connectivity index (χ3n) is 5.30. The standard InChI is InChI=1S/C25H28N2O2/c1-19-14-16-22(17-15-19)25(20-9-4-2-5-10-20,21-11-6-3-7-12-21)27-18-8-13-23(26)24(28)29/h2-7,9-12,14-17,23,27H,8,13,18,26H2,1H3,(H,28,29)/t23-/m1/s1. The van der Waals surface area contributed by atoms with Crippen molar-refractivity contribution in [3.05, 3.63) is 107 Å². The fourth-order valence-corrected chi connectivity index (χ4v) is 3.71. The van der Waals surface area contributed by atoms with E-state index in [1.165, 1.54) is 5.56 Å². The molecule has 0 aliphatic rings. The van der Waals surface area contributed by atoms with Gasteiger partial charge in [0.2, 0.25) is 0 Å². The van der Waals surface area contributed by atoms with Crippen molar-refractivity contribution in [3.8, 4) is 0 Å². The largest absolute Gasteiger partial charge is 0.480 e. The zero-order valence-corrected chi connectivity index (χ0v) is 16.7. The summed E-state index contributed by atoms with van der Waals surface area (Å²) in [5.74, 6) is -0.957. The van der Waals surface area contributed by atoms with E-state index in [0.29, 0.717) is 19.4 Å². The molecule has 4 N–H and O–H groups in total. The third kappa shape index (κ3) is 4.73. The van der Waals surface area contributed by atoms with Gasteiger partial charge in [-0.05, 0) is 43.0 Å². The molecule has 1 atom stereocenters. The van der Waals surface area contributed by atoms with E-state index in [4.69, 9.17) is 10.8 Å². The van der Waals surface area contributed by atoms with Crippen LogP contribution in [0.25, 0.3) is 0 Å². The number of aliphatic carboxylic acids is 1. The highest BCUT2D eigenvalue weighted by molar-refractivity contribution is 5.72. The predicted molar refractivity (Wildman–Crippen MR) is 117 cm³/mol. The first-order chi connectivity index (χ1) is 14.0. The van der Waals surface area contributed by atoms with Crippen molar-refractivity contribution < 1.29 is 9.90 Å². The Labute approximate surface area is 172 Å². The van der Waals surface area contributed by atoms with Crippen molar-refractivity contribution in [2.45, 2.75) is 31.3 Å². The van der Waals surface area contributed by atoms with Crippen molar-refractivity contribution in [1.82, 2.24) is 5.32 Å². The number of carboxylic acid groups (broad SMARTS) is 1. The van der Waals surface area contributed by atoms with Crippen molar-refractivity contribution >= 4 is 5.97 Å².